The molecule has 1 aromatic heterocycles. The Balaban J connectivity index is 1.72. The molecule has 2 amide bonds. The fourth-order valence-electron chi connectivity index (χ4n) is 3.05. The highest BCUT2D eigenvalue weighted by Crippen LogP contribution is 2.31. The van der Waals surface area contributed by atoms with Crippen LogP contribution in [0.4, 0.5) is 5.95 Å². The van der Waals surface area contributed by atoms with Crippen LogP contribution in [0.3, 0.4) is 0 Å². The fourth-order valence-corrected chi connectivity index (χ4v) is 3.05. The maximum atomic E-state index is 12.5. The Morgan fingerprint density at radius 1 is 1.33 bits per heavy atom. The summed E-state index contributed by atoms with van der Waals surface area (Å²) in [4.78, 5) is 30.5. The van der Waals surface area contributed by atoms with Gasteiger partial charge in [0.2, 0.25) is 17.8 Å². The van der Waals surface area contributed by atoms with Gasteiger partial charge in [0.15, 0.2) is 5.82 Å². The van der Waals surface area contributed by atoms with E-state index < -0.39 is 5.92 Å². The van der Waals surface area contributed by atoms with Gasteiger partial charge >= 0.3 is 0 Å². The minimum Gasteiger partial charge on any atom is -0.497 e. The summed E-state index contributed by atoms with van der Waals surface area (Å²) in [5.74, 6) is 1.15. The third-order valence-electron chi connectivity index (χ3n) is 4.54. The number of H-pyrrole nitrogens is 1. The van der Waals surface area contributed by atoms with Crippen LogP contribution < -0.4 is 14.8 Å². The molecule has 0 saturated carbocycles. The van der Waals surface area contributed by atoms with E-state index in [4.69, 9.17) is 9.47 Å². The topological polar surface area (TPSA) is 109 Å². The first-order valence-corrected chi connectivity index (χ1v) is 8.68. The second kappa shape index (κ2) is 7.65. The zero-order valence-electron chi connectivity index (χ0n) is 15.8. The van der Waals surface area contributed by atoms with Gasteiger partial charge in [-0.2, -0.15) is 4.98 Å². The molecule has 0 spiro atoms. The maximum Gasteiger partial charge on any atom is 0.249 e. The van der Waals surface area contributed by atoms with Gasteiger partial charge in [-0.3, -0.25) is 20.0 Å². The summed E-state index contributed by atoms with van der Waals surface area (Å²) in [5, 5.41) is 9.51. The molecule has 1 aliphatic rings. The van der Waals surface area contributed by atoms with E-state index in [0.717, 1.165) is 0 Å². The highest BCUT2D eigenvalue weighted by molar-refractivity contribution is 5.96. The number of ether oxygens (including phenoxy) is 2. The Kier molecular flexibility index (Phi) is 5.29. The number of amides is 2. The number of aromatic amines is 1. The van der Waals surface area contributed by atoms with Crippen LogP contribution >= 0.6 is 0 Å². The molecule has 3 rings (SSSR count). The molecule has 0 radical (unpaired) electrons. The molecule has 2 N–H and O–H groups in total. The van der Waals surface area contributed by atoms with Crippen molar-refractivity contribution in [1.82, 2.24) is 20.1 Å². The Hall–Kier alpha value is -3.10. The number of anilines is 1. The molecule has 1 fully saturated rings. The summed E-state index contributed by atoms with van der Waals surface area (Å²) in [6.45, 7) is 4.27. The summed E-state index contributed by atoms with van der Waals surface area (Å²) in [5.41, 5.74) is 0.688. The number of carbonyl (C=O) groups is 2. The van der Waals surface area contributed by atoms with Crippen LogP contribution in [0.2, 0.25) is 0 Å². The quantitative estimate of drug-likeness (QED) is 0.797. The van der Waals surface area contributed by atoms with Gasteiger partial charge in [0.1, 0.15) is 11.5 Å². The first kappa shape index (κ1) is 18.7. The number of rotatable bonds is 6. The van der Waals surface area contributed by atoms with Crippen LogP contribution in [-0.2, 0) is 9.59 Å². The fraction of sp³-hybridized carbons (Fsp3) is 0.444. The lowest BCUT2D eigenvalue weighted by Crippen LogP contribution is -2.33. The van der Waals surface area contributed by atoms with E-state index in [1.165, 1.54) is 0 Å². The summed E-state index contributed by atoms with van der Waals surface area (Å²) >= 11 is 0. The van der Waals surface area contributed by atoms with Gasteiger partial charge in [-0.15, -0.1) is 5.10 Å². The maximum absolute atomic E-state index is 12.5. The van der Waals surface area contributed by atoms with Gasteiger partial charge in [-0.05, 0) is 26.0 Å². The van der Waals surface area contributed by atoms with Crippen molar-refractivity contribution in [1.29, 1.82) is 0 Å². The minimum atomic E-state index is -0.405. The van der Waals surface area contributed by atoms with Crippen molar-refractivity contribution in [2.24, 2.45) is 5.92 Å². The number of hydrogen-bond donors (Lipinski definition) is 2. The molecule has 0 aliphatic carbocycles. The van der Waals surface area contributed by atoms with Crippen molar-refractivity contribution in [3.63, 3.8) is 0 Å². The molecular weight excluding hydrogens is 350 g/mol. The first-order chi connectivity index (χ1) is 12.9. The molecule has 1 saturated heterocycles. The van der Waals surface area contributed by atoms with Crippen LogP contribution in [0.1, 0.15) is 20.3 Å². The Bertz CT molecular complexity index is 848. The zero-order valence-corrected chi connectivity index (χ0v) is 15.8. The largest absolute Gasteiger partial charge is 0.497 e. The average molecular weight is 373 g/mol. The van der Waals surface area contributed by atoms with E-state index in [2.05, 4.69) is 20.5 Å². The molecule has 0 bridgehead atoms. The molecule has 9 nitrogen and oxygen atoms in total. The molecule has 144 valence electrons. The number of likely N-dealkylation sites (tertiary alicyclic amines) is 1. The van der Waals surface area contributed by atoms with E-state index in [0.29, 0.717) is 29.4 Å². The molecule has 1 aromatic carbocycles. The predicted octanol–water partition coefficient (Wildman–Crippen LogP) is 1.68. The van der Waals surface area contributed by atoms with Crippen molar-refractivity contribution in [3.05, 3.63) is 18.2 Å². The third kappa shape index (κ3) is 3.86. The lowest BCUT2D eigenvalue weighted by Gasteiger charge is -2.20. The lowest BCUT2D eigenvalue weighted by molar-refractivity contribution is -0.129. The van der Waals surface area contributed by atoms with Gasteiger partial charge < -0.3 is 14.4 Å². The van der Waals surface area contributed by atoms with Gasteiger partial charge in [0.05, 0.1) is 25.7 Å². The molecule has 27 heavy (non-hydrogen) atoms. The minimum absolute atomic E-state index is 0.0104. The number of nitrogens with one attached hydrogen (secondary N) is 2. The number of methoxy groups -OCH3 is 2. The normalized spacial score (nSPS) is 16.7. The standard InChI is InChI=1S/C18H23N5O4/c1-10(2)23-9-11(7-15(23)24)17(25)20-18-19-16(21-22-18)13-6-5-12(26-3)8-14(13)27-4/h5-6,8,10-11H,7,9H2,1-4H3,(H2,19,20,21,22,25). The molecule has 1 atom stereocenters. The summed E-state index contributed by atoms with van der Waals surface area (Å²) in [7, 11) is 3.12. The van der Waals surface area contributed by atoms with E-state index in [9.17, 15) is 9.59 Å². The van der Waals surface area contributed by atoms with Gasteiger partial charge in [0.25, 0.3) is 0 Å². The summed E-state index contributed by atoms with van der Waals surface area (Å²) < 4.78 is 10.5. The Morgan fingerprint density at radius 2 is 2.11 bits per heavy atom. The van der Waals surface area contributed by atoms with Gasteiger partial charge in [-0.1, -0.05) is 0 Å². The van der Waals surface area contributed by atoms with Crippen LogP contribution in [0, 0.1) is 5.92 Å². The second-order valence-electron chi connectivity index (χ2n) is 6.60. The van der Waals surface area contributed by atoms with Crippen molar-refractivity contribution in [2.45, 2.75) is 26.3 Å². The predicted molar refractivity (Wildman–Crippen MR) is 98.5 cm³/mol. The number of aromatic nitrogens is 3. The van der Waals surface area contributed by atoms with Crippen LogP contribution in [0.25, 0.3) is 11.4 Å². The summed E-state index contributed by atoms with van der Waals surface area (Å²) in [6.07, 6.45) is 0.202. The summed E-state index contributed by atoms with van der Waals surface area (Å²) in [6, 6.07) is 5.39. The van der Waals surface area contributed by atoms with E-state index in [-0.39, 0.29) is 30.2 Å². The average Bonchev–Trinajstić information content (AvgIpc) is 3.27. The molecule has 1 unspecified atom stereocenters. The first-order valence-electron chi connectivity index (χ1n) is 8.68. The number of hydrogen-bond acceptors (Lipinski definition) is 6. The highest BCUT2D eigenvalue weighted by atomic mass is 16.5. The SMILES string of the molecule is COc1ccc(-c2nc(NC(=O)C3CC(=O)N(C(C)C)C3)n[nH]2)c(OC)c1. The molecule has 2 heterocycles. The van der Waals surface area contributed by atoms with Crippen LogP contribution in [0.15, 0.2) is 18.2 Å². The third-order valence-corrected chi connectivity index (χ3v) is 4.54. The molecule has 2 aromatic rings. The second-order valence-corrected chi connectivity index (χ2v) is 6.60. The van der Waals surface area contributed by atoms with Crippen molar-refractivity contribution >= 4 is 17.8 Å². The number of benzene rings is 1. The molecule has 1 aliphatic heterocycles. The van der Waals surface area contributed by atoms with Gasteiger partial charge in [-0.25, -0.2) is 0 Å². The molecule has 9 heteroatoms. The highest BCUT2D eigenvalue weighted by Gasteiger charge is 2.35. The van der Waals surface area contributed by atoms with E-state index >= 15 is 0 Å². The smallest absolute Gasteiger partial charge is 0.249 e. The van der Waals surface area contributed by atoms with Crippen LogP contribution in [-0.4, -0.2) is 58.7 Å². The van der Waals surface area contributed by atoms with E-state index in [1.807, 2.05) is 13.8 Å². The monoisotopic (exact) mass is 373 g/mol. The Labute approximate surface area is 157 Å². The molecular formula is C18H23N5O4. The lowest BCUT2D eigenvalue weighted by atomic mass is 10.1. The van der Waals surface area contributed by atoms with Crippen molar-refractivity contribution in [2.75, 3.05) is 26.1 Å². The van der Waals surface area contributed by atoms with Crippen LogP contribution in [0.5, 0.6) is 11.5 Å². The van der Waals surface area contributed by atoms with Gasteiger partial charge in [0, 0.05) is 25.1 Å². The Morgan fingerprint density at radius 3 is 2.74 bits per heavy atom. The van der Waals surface area contributed by atoms with Crippen molar-refractivity contribution < 1.29 is 19.1 Å². The zero-order chi connectivity index (χ0) is 19.6. The van der Waals surface area contributed by atoms with Crippen molar-refractivity contribution in [3.8, 4) is 22.9 Å². The number of carbonyl (C=O) groups excluding carboxylic acids is 2. The van der Waals surface area contributed by atoms with E-state index in [1.54, 1.807) is 37.3 Å². The number of nitrogens with zero attached hydrogens (tertiary/aromatic N) is 3.